The predicted molar refractivity (Wildman–Crippen MR) is 41.4 cm³/mol. The quantitative estimate of drug-likeness (QED) is 0.503. The fourth-order valence-electron chi connectivity index (χ4n) is 2.37. The molecule has 0 aromatic carbocycles. The summed E-state index contributed by atoms with van der Waals surface area (Å²) in [6, 6.07) is -0.0672. The molecule has 1 saturated heterocycles. The number of hydrogen-bond donors (Lipinski definition) is 2. The highest BCUT2D eigenvalue weighted by atomic mass is 16.5. The Morgan fingerprint density at radius 3 is 2.83 bits per heavy atom. The van der Waals surface area contributed by atoms with Crippen molar-refractivity contribution in [2.24, 2.45) is 11.8 Å². The van der Waals surface area contributed by atoms with Crippen molar-refractivity contribution < 1.29 is 14.6 Å². The van der Waals surface area contributed by atoms with Crippen LogP contribution in [-0.4, -0.2) is 36.9 Å². The minimum Gasteiger partial charge on any atom is -0.469 e. The number of methoxy groups -OCH3 is 1. The van der Waals surface area contributed by atoms with Gasteiger partial charge in [0.05, 0.1) is 19.1 Å². The largest absolute Gasteiger partial charge is 0.469 e. The zero-order chi connectivity index (χ0) is 8.72. The predicted octanol–water partition coefficient (Wildman–Crippen LogP) is -0.872. The number of rotatable bonds is 1. The smallest absolute Gasteiger partial charge is 0.310 e. The summed E-state index contributed by atoms with van der Waals surface area (Å²) >= 11 is 0. The molecule has 1 heterocycles. The first kappa shape index (κ1) is 8.01. The molecule has 4 atom stereocenters. The fourth-order valence-corrected chi connectivity index (χ4v) is 2.37. The first-order valence-corrected chi connectivity index (χ1v) is 4.23. The molecule has 0 radical (unpaired) electrons. The molecule has 2 fully saturated rings. The first-order chi connectivity index (χ1) is 5.74. The van der Waals surface area contributed by atoms with Gasteiger partial charge >= 0.3 is 5.97 Å². The Kier molecular flexibility index (Phi) is 1.81. The lowest BCUT2D eigenvalue weighted by atomic mass is 9.99. The highest BCUT2D eigenvalue weighted by Gasteiger charge is 2.51. The van der Waals surface area contributed by atoms with Gasteiger partial charge < -0.3 is 15.2 Å². The summed E-state index contributed by atoms with van der Waals surface area (Å²) < 4.78 is 4.67. The highest BCUT2D eigenvalue weighted by Crippen LogP contribution is 2.37. The maximum atomic E-state index is 11.2. The van der Waals surface area contributed by atoms with Crippen LogP contribution in [0.1, 0.15) is 6.42 Å². The Morgan fingerprint density at radius 1 is 1.67 bits per heavy atom. The van der Waals surface area contributed by atoms with Gasteiger partial charge in [0.2, 0.25) is 0 Å². The van der Waals surface area contributed by atoms with Crippen molar-refractivity contribution >= 4 is 5.97 Å². The van der Waals surface area contributed by atoms with E-state index < -0.39 is 0 Å². The van der Waals surface area contributed by atoms with E-state index in [1.165, 1.54) is 7.11 Å². The van der Waals surface area contributed by atoms with E-state index in [9.17, 15) is 9.90 Å². The second-order valence-corrected chi connectivity index (χ2v) is 3.55. The monoisotopic (exact) mass is 171 g/mol. The molecule has 12 heavy (non-hydrogen) atoms. The molecule has 4 heteroatoms. The second kappa shape index (κ2) is 2.71. The van der Waals surface area contributed by atoms with Crippen LogP contribution in [0.2, 0.25) is 0 Å². The van der Waals surface area contributed by atoms with E-state index in [2.05, 4.69) is 10.1 Å². The summed E-state index contributed by atoms with van der Waals surface area (Å²) in [5, 5.41) is 12.6. The van der Waals surface area contributed by atoms with Gasteiger partial charge in [-0.3, -0.25) is 4.79 Å². The van der Waals surface area contributed by atoms with Crippen LogP contribution in [0.25, 0.3) is 0 Å². The molecule has 0 amide bonds. The van der Waals surface area contributed by atoms with Gasteiger partial charge in [-0.1, -0.05) is 0 Å². The third-order valence-corrected chi connectivity index (χ3v) is 2.94. The van der Waals surface area contributed by atoms with E-state index in [-0.39, 0.29) is 30.0 Å². The average molecular weight is 171 g/mol. The minimum atomic E-state index is -0.368. The molecule has 2 N–H and O–H groups in total. The Balaban J connectivity index is 2.13. The molecule has 1 aliphatic carbocycles. The number of ether oxygens (including phenoxy) is 1. The van der Waals surface area contributed by atoms with Crippen LogP contribution in [-0.2, 0) is 9.53 Å². The van der Waals surface area contributed by atoms with E-state index in [0.717, 1.165) is 13.0 Å². The fraction of sp³-hybridized carbons (Fsp3) is 0.875. The van der Waals surface area contributed by atoms with E-state index in [0.29, 0.717) is 0 Å². The lowest BCUT2D eigenvalue weighted by Gasteiger charge is -2.17. The van der Waals surface area contributed by atoms with Crippen molar-refractivity contribution in [1.29, 1.82) is 0 Å². The molecule has 2 bridgehead atoms. The Morgan fingerprint density at radius 2 is 2.42 bits per heavy atom. The van der Waals surface area contributed by atoms with Crippen molar-refractivity contribution in [3.63, 3.8) is 0 Å². The van der Waals surface area contributed by atoms with Crippen LogP contribution in [0.3, 0.4) is 0 Å². The maximum absolute atomic E-state index is 11.2. The number of piperidine rings is 1. The molecule has 0 aromatic rings. The molecule has 0 aromatic heterocycles. The highest BCUT2D eigenvalue weighted by molar-refractivity contribution is 5.74. The molecule has 68 valence electrons. The van der Waals surface area contributed by atoms with E-state index in [4.69, 9.17) is 0 Å². The van der Waals surface area contributed by atoms with Crippen molar-refractivity contribution in [2.45, 2.75) is 18.6 Å². The van der Waals surface area contributed by atoms with Crippen LogP contribution in [0.15, 0.2) is 0 Å². The van der Waals surface area contributed by atoms with E-state index in [1.807, 2.05) is 0 Å². The lowest BCUT2D eigenvalue weighted by molar-refractivity contribution is -0.146. The third kappa shape index (κ3) is 0.949. The average Bonchev–Trinajstić information content (AvgIpc) is 2.59. The first-order valence-electron chi connectivity index (χ1n) is 4.23. The number of hydrogen-bond acceptors (Lipinski definition) is 4. The zero-order valence-corrected chi connectivity index (χ0v) is 6.99. The standard InChI is InChI=1S/C8H13NO3/c1-12-8(11)6-4-2-5(10)7(6)9-3-4/h4-7,9-10H,2-3H2,1H3. The van der Waals surface area contributed by atoms with Crippen LogP contribution < -0.4 is 5.32 Å². The Hall–Kier alpha value is -0.610. The number of carbonyl (C=O) groups excluding carboxylic acids is 1. The number of nitrogens with one attached hydrogen (secondary N) is 1. The molecule has 2 rings (SSSR count). The van der Waals surface area contributed by atoms with Crippen molar-refractivity contribution in [1.82, 2.24) is 5.32 Å². The molecule has 1 saturated carbocycles. The molecular weight excluding hydrogens is 158 g/mol. The molecular formula is C8H13NO3. The molecule has 2 aliphatic rings. The normalized spacial score (nSPS) is 44.8. The van der Waals surface area contributed by atoms with Crippen LogP contribution >= 0.6 is 0 Å². The van der Waals surface area contributed by atoms with Gasteiger partial charge in [-0.15, -0.1) is 0 Å². The molecule has 1 aliphatic heterocycles. The number of aliphatic hydroxyl groups excluding tert-OH is 1. The van der Waals surface area contributed by atoms with Crippen LogP contribution in [0.5, 0.6) is 0 Å². The molecule has 0 spiro atoms. The van der Waals surface area contributed by atoms with E-state index >= 15 is 0 Å². The minimum absolute atomic E-state index is 0.0672. The number of fused-ring (bicyclic) bond motifs is 2. The van der Waals surface area contributed by atoms with Gasteiger partial charge in [0.15, 0.2) is 0 Å². The summed E-state index contributed by atoms with van der Waals surface area (Å²) in [6.07, 6.45) is 0.366. The van der Waals surface area contributed by atoms with Crippen LogP contribution in [0, 0.1) is 11.8 Å². The van der Waals surface area contributed by atoms with Crippen molar-refractivity contribution in [2.75, 3.05) is 13.7 Å². The maximum Gasteiger partial charge on any atom is 0.310 e. The van der Waals surface area contributed by atoms with Gasteiger partial charge in [-0.05, 0) is 18.9 Å². The van der Waals surface area contributed by atoms with Crippen molar-refractivity contribution in [3.05, 3.63) is 0 Å². The van der Waals surface area contributed by atoms with Gasteiger partial charge in [0.1, 0.15) is 0 Å². The third-order valence-electron chi connectivity index (χ3n) is 2.94. The number of aliphatic hydroxyl groups is 1. The van der Waals surface area contributed by atoms with Gasteiger partial charge in [-0.2, -0.15) is 0 Å². The summed E-state index contributed by atoms with van der Waals surface area (Å²) in [4.78, 5) is 11.2. The molecule has 4 unspecified atom stereocenters. The van der Waals surface area contributed by atoms with Crippen LogP contribution in [0.4, 0.5) is 0 Å². The van der Waals surface area contributed by atoms with Crippen molar-refractivity contribution in [3.8, 4) is 0 Å². The van der Waals surface area contributed by atoms with Gasteiger partial charge in [0, 0.05) is 6.04 Å². The van der Waals surface area contributed by atoms with Gasteiger partial charge in [0.25, 0.3) is 0 Å². The SMILES string of the molecule is COC(=O)C1C2CNC1C(O)C2. The molecule has 4 nitrogen and oxygen atoms in total. The van der Waals surface area contributed by atoms with E-state index in [1.54, 1.807) is 0 Å². The zero-order valence-electron chi connectivity index (χ0n) is 6.99. The topological polar surface area (TPSA) is 58.6 Å². The van der Waals surface area contributed by atoms with Gasteiger partial charge in [-0.25, -0.2) is 0 Å². The second-order valence-electron chi connectivity index (χ2n) is 3.55. The summed E-state index contributed by atoms with van der Waals surface area (Å²) in [5.74, 6) is -0.0333. The number of esters is 1. The Bertz CT molecular complexity index is 206. The summed E-state index contributed by atoms with van der Waals surface area (Å²) in [7, 11) is 1.40. The summed E-state index contributed by atoms with van der Waals surface area (Å²) in [5.41, 5.74) is 0. The lowest BCUT2D eigenvalue weighted by Crippen LogP contribution is -2.39. The summed E-state index contributed by atoms with van der Waals surface area (Å²) in [6.45, 7) is 0.835. The Labute approximate surface area is 70.9 Å². The number of carbonyl (C=O) groups is 1.